The van der Waals surface area contributed by atoms with Crippen LogP contribution in [0.1, 0.15) is 17.5 Å². The van der Waals surface area contributed by atoms with Gasteiger partial charge in [-0.3, -0.25) is 4.79 Å². The number of hydrogen-bond donors (Lipinski definition) is 1. The van der Waals surface area contributed by atoms with E-state index in [9.17, 15) is 4.79 Å². The van der Waals surface area contributed by atoms with Gasteiger partial charge < -0.3 is 14.8 Å². The molecule has 0 spiro atoms. The van der Waals surface area contributed by atoms with E-state index in [1.807, 2.05) is 49.4 Å². The van der Waals surface area contributed by atoms with E-state index in [4.69, 9.17) is 21.1 Å². The molecule has 0 aliphatic rings. The first-order chi connectivity index (χ1) is 14.1. The summed E-state index contributed by atoms with van der Waals surface area (Å²) >= 11 is 5.93. The van der Waals surface area contributed by atoms with Crippen LogP contribution in [0.2, 0.25) is 5.02 Å². The number of aryl methyl sites for hydroxylation is 2. The van der Waals surface area contributed by atoms with Crippen molar-refractivity contribution in [2.24, 2.45) is 0 Å². The van der Waals surface area contributed by atoms with Crippen LogP contribution in [0.3, 0.4) is 0 Å². The summed E-state index contributed by atoms with van der Waals surface area (Å²) in [7, 11) is 0. The van der Waals surface area contributed by atoms with Gasteiger partial charge in [-0.25, -0.2) is 0 Å². The summed E-state index contributed by atoms with van der Waals surface area (Å²) in [4.78, 5) is 12.2. The number of ether oxygens (including phenoxy) is 2. The molecule has 3 aromatic carbocycles. The monoisotopic (exact) mass is 409 g/mol. The molecule has 0 aliphatic carbocycles. The summed E-state index contributed by atoms with van der Waals surface area (Å²) in [6.45, 7) is 2.42. The third-order valence-corrected chi connectivity index (χ3v) is 4.57. The fourth-order valence-corrected chi connectivity index (χ4v) is 3.12. The van der Waals surface area contributed by atoms with Crippen molar-refractivity contribution in [1.82, 2.24) is 0 Å². The Labute approximate surface area is 176 Å². The van der Waals surface area contributed by atoms with Crippen LogP contribution in [0, 0.1) is 6.92 Å². The summed E-state index contributed by atoms with van der Waals surface area (Å²) in [6.07, 6.45) is 1.90. The fourth-order valence-electron chi connectivity index (χ4n) is 2.89. The summed E-state index contributed by atoms with van der Waals surface area (Å²) in [5, 5.41) is 3.47. The largest absolute Gasteiger partial charge is 0.494 e. The highest BCUT2D eigenvalue weighted by molar-refractivity contribution is 6.30. The van der Waals surface area contributed by atoms with Crippen LogP contribution in [0.15, 0.2) is 72.8 Å². The highest BCUT2D eigenvalue weighted by Crippen LogP contribution is 2.22. The maximum absolute atomic E-state index is 12.2. The Kier molecular flexibility index (Phi) is 7.54. The Morgan fingerprint density at radius 3 is 2.59 bits per heavy atom. The van der Waals surface area contributed by atoms with Crippen LogP contribution < -0.4 is 14.8 Å². The van der Waals surface area contributed by atoms with E-state index in [1.54, 1.807) is 18.2 Å². The van der Waals surface area contributed by atoms with E-state index in [0.29, 0.717) is 23.1 Å². The van der Waals surface area contributed by atoms with Gasteiger partial charge in [0, 0.05) is 16.8 Å². The van der Waals surface area contributed by atoms with Gasteiger partial charge in [0.15, 0.2) is 6.61 Å². The van der Waals surface area contributed by atoms with Gasteiger partial charge in [-0.05, 0) is 61.2 Å². The van der Waals surface area contributed by atoms with Crippen molar-refractivity contribution in [3.8, 4) is 11.5 Å². The van der Waals surface area contributed by atoms with Gasteiger partial charge in [-0.2, -0.15) is 0 Å². The molecule has 4 nitrogen and oxygen atoms in total. The first kappa shape index (κ1) is 20.7. The summed E-state index contributed by atoms with van der Waals surface area (Å²) in [5.74, 6) is 1.13. The number of nitrogens with one attached hydrogen (secondary N) is 1. The molecule has 3 rings (SSSR count). The normalized spacial score (nSPS) is 10.4. The lowest BCUT2D eigenvalue weighted by molar-refractivity contribution is -0.118. The van der Waals surface area contributed by atoms with E-state index in [1.165, 1.54) is 5.56 Å². The third kappa shape index (κ3) is 6.84. The van der Waals surface area contributed by atoms with Crippen molar-refractivity contribution < 1.29 is 14.3 Å². The number of rotatable bonds is 9. The van der Waals surface area contributed by atoms with E-state index in [-0.39, 0.29) is 12.5 Å². The van der Waals surface area contributed by atoms with E-state index >= 15 is 0 Å². The summed E-state index contributed by atoms with van der Waals surface area (Å²) in [5.41, 5.74) is 2.86. The smallest absolute Gasteiger partial charge is 0.262 e. The van der Waals surface area contributed by atoms with E-state index in [2.05, 4.69) is 17.4 Å². The van der Waals surface area contributed by atoms with Crippen LogP contribution in [-0.2, 0) is 11.2 Å². The molecule has 0 saturated heterocycles. The van der Waals surface area contributed by atoms with Gasteiger partial charge in [0.05, 0.1) is 6.61 Å². The quantitative estimate of drug-likeness (QED) is 0.462. The Balaban J connectivity index is 1.44. The standard InChI is InChI=1S/C24H24ClNO3/c1-18-15-20(25)12-13-23(18)29-17-24(27)26-21-10-5-11-22(16-21)28-14-6-9-19-7-3-2-4-8-19/h2-5,7-8,10-13,15-16H,6,9,14,17H2,1H3,(H,26,27). The Morgan fingerprint density at radius 1 is 0.966 bits per heavy atom. The van der Waals surface area contributed by atoms with E-state index in [0.717, 1.165) is 24.2 Å². The van der Waals surface area contributed by atoms with Crippen LogP contribution >= 0.6 is 11.6 Å². The Hall–Kier alpha value is -2.98. The third-order valence-electron chi connectivity index (χ3n) is 4.33. The van der Waals surface area contributed by atoms with Gasteiger partial charge in [0.25, 0.3) is 5.91 Å². The second kappa shape index (κ2) is 10.5. The molecule has 0 saturated carbocycles. The van der Waals surface area contributed by atoms with Crippen molar-refractivity contribution in [3.63, 3.8) is 0 Å². The van der Waals surface area contributed by atoms with Crippen LogP contribution in [-0.4, -0.2) is 19.1 Å². The Morgan fingerprint density at radius 2 is 1.79 bits per heavy atom. The molecule has 5 heteroatoms. The molecule has 0 aromatic heterocycles. The lowest BCUT2D eigenvalue weighted by atomic mass is 10.1. The predicted molar refractivity (Wildman–Crippen MR) is 117 cm³/mol. The first-order valence-corrected chi connectivity index (χ1v) is 9.93. The molecule has 0 unspecified atom stereocenters. The average molecular weight is 410 g/mol. The average Bonchev–Trinajstić information content (AvgIpc) is 2.72. The van der Waals surface area contributed by atoms with Gasteiger partial charge in [-0.1, -0.05) is 48.0 Å². The van der Waals surface area contributed by atoms with Crippen LogP contribution in [0.5, 0.6) is 11.5 Å². The summed E-state index contributed by atoms with van der Waals surface area (Å²) in [6, 6.07) is 23.0. The maximum atomic E-state index is 12.2. The van der Waals surface area contributed by atoms with Crippen molar-refractivity contribution in [1.29, 1.82) is 0 Å². The second-order valence-corrected chi connectivity index (χ2v) is 7.15. The number of carbonyl (C=O) groups is 1. The SMILES string of the molecule is Cc1cc(Cl)ccc1OCC(=O)Nc1cccc(OCCCc2ccccc2)c1. The second-order valence-electron chi connectivity index (χ2n) is 6.71. The molecule has 3 aromatic rings. The van der Waals surface area contributed by atoms with Gasteiger partial charge in [0.1, 0.15) is 11.5 Å². The molecule has 0 heterocycles. The number of hydrogen-bond acceptors (Lipinski definition) is 3. The zero-order valence-corrected chi connectivity index (χ0v) is 17.1. The molecule has 0 atom stereocenters. The molecule has 29 heavy (non-hydrogen) atoms. The molecular formula is C24H24ClNO3. The van der Waals surface area contributed by atoms with Gasteiger partial charge in [-0.15, -0.1) is 0 Å². The topological polar surface area (TPSA) is 47.6 Å². The molecule has 0 aliphatic heterocycles. The highest BCUT2D eigenvalue weighted by Gasteiger charge is 2.07. The molecule has 150 valence electrons. The minimum Gasteiger partial charge on any atom is -0.494 e. The maximum Gasteiger partial charge on any atom is 0.262 e. The number of amides is 1. The number of halogens is 1. The van der Waals surface area contributed by atoms with Crippen molar-refractivity contribution in [2.45, 2.75) is 19.8 Å². The Bertz CT molecular complexity index is 944. The number of benzene rings is 3. The minimum atomic E-state index is -0.236. The molecule has 1 amide bonds. The van der Waals surface area contributed by atoms with Crippen molar-refractivity contribution in [2.75, 3.05) is 18.5 Å². The number of anilines is 1. The summed E-state index contributed by atoms with van der Waals surface area (Å²) < 4.78 is 11.4. The lowest BCUT2D eigenvalue weighted by Crippen LogP contribution is -2.20. The molecule has 0 bridgehead atoms. The minimum absolute atomic E-state index is 0.0787. The molecule has 0 fully saturated rings. The van der Waals surface area contributed by atoms with Crippen molar-refractivity contribution >= 4 is 23.2 Å². The lowest BCUT2D eigenvalue weighted by Gasteiger charge is -2.11. The number of carbonyl (C=O) groups excluding carboxylic acids is 1. The predicted octanol–water partition coefficient (Wildman–Crippen LogP) is 5.68. The molecular weight excluding hydrogens is 386 g/mol. The van der Waals surface area contributed by atoms with Crippen molar-refractivity contribution in [3.05, 3.63) is 88.9 Å². The van der Waals surface area contributed by atoms with E-state index < -0.39 is 0 Å². The van der Waals surface area contributed by atoms with Gasteiger partial charge >= 0.3 is 0 Å². The first-order valence-electron chi connectivity index (χ1n) is 9.56. The molecule has 1 N–H and O–H groups in total. The van der Waals surface area contributed by atoms with Gasteiger partial charge in [0.2, 0.25) is 0 Å². The highest BCUT2D eigenvalue weighted by atomic mass is 35.5. The van der Waals surface area contributed by atoms with Crippen LogP contribution in [0.4, 0.5) is 5.69 Å². The zero-order chi connectivity index (χ0) is 20.5. The molecule has 0 radical (unpaired) electrons. The zero-order valence-electron chi connectivity index (χ0n) is 16.4. The van der Waals surface area contributed by atoms with Crippen LogP contribution in [0.25, 0.3) is 0 Å². The fraction of sp³-hybridized carbons (Fsp3) is 0.208.